The number of hydrogen-bond donors (Lipinski definition) is 1. The highest BCUT2D eigenvalue weighted by molar-refractivity contribution is 5.20. The first-order chi connectivity index (χ1) is 9.99. The van der Waals surface area contributed by atoms with Crippen molar-refractivity contribution in [3.8, 4) is 0 Å². The highest BCUT2D eigenvalue weighted by Crippen LogP contribution is 2.30. The van der Waals surface area contributed by atoms with Crippen molar-refractivity contribution in [3.05, 3.63) is 35.6 Å². The van der Waals surface area contributed by atoms with Crippen molar-refractivity contribution < 1.29 is 13.9 Å². The molecule has 0 radical (unpaired) electrons. The summed E-state index contributed by atoms with van der Waals surface area (Å²) in [5.41, 5.74) is 7.02. The van der Waals surface area contributed by atoms with Gasteiger partial charge in [0.15, 0.2) is 0 Å². The van der Waals surface area contributed by atoms with E-state index in [9.17, 15) is 4.39 Å². The van der Waals surface area contributed by atoms with E-state index in [0.29, 0.717) is 0 Å². The molecule has 1 aromatic carbocycles. The second kappa shape index (κ2) is 7.34. The number of nitrogens with two attached hydrogens (primary N) is 1. The van der Waals surface area contributed by atoms with Crippen LogP contribution in [0.5, 0.6) is 0 Å². The molecule has 0 bridgehead atoms. The van der Waals surface area contributed by atoms with Crippen LogP contribution >= 0.6 is 0 Å². The van der Waals surface area contributed by atoms with E-state index < -0.39 is 0 Å². The monoisotopic (exact) mass is 295 g/mol. The number of ether oxygens (including phenoxy) is 2. The zero-order chi connectivity index (χ0) is 15.4. The van der Waals surface area contributed by atoms with Crippen LogP contribution in [0, 0.1) is 5.82 Å². The molecule has 1 aliphatic rings. The topological polar surface area (TPSA) is 44.5 Å². The van der Waals surface area contributed by atoms with Gasteiger partial charge in [0, 0.05) is 6.04 Å². The average Bonchev–Trinajstić information content (AvgIpc) is 2.43. The molecule has 118 valence electrons. The van der Waals surface area contributed by atoms with Crippen LogP contribution in [0.25, 0.3) is 0 Å². The minimum atomic E-state index is -0.270. The molecule has 4 heteroatoms. The van der Waals surface area contributed by atoms with Gasteiger partial charge in [-0.25, -0.2) is 4.39 Å². The van der Waals surface area contributed by atoms with Crippen LogP contribution in [0.4, 0.5) is 4.39 Å². The molecule has 2 N–H and O–H groups in total. The van der Waals surface area contributed by atoms with Gasteiger partial charge < -0.3 is 15.2 Å². The van der Waals surface area contributed by atoms with Gasteiger partial charge in [-0.3, -0.25) is 0 Å². The van der Waals surface area contributed by atoms with E-state index in [-0.39, 0.29) is 36.3 Å². The van der Waals surface area contributed by atoms with Gasteiger partial charge in [-0.2, -0.15) is 0 Å². The number of rotatable bonds is 5. The maximum Gasteiger partial charge on any atom is 0.123 e. The first-order valence-electron chi connectivity index (χ1n) is 7.81. The molecule has 1 aromatic rings. The van der Waals surface area contributed by atoms with Gasteiger partial charge in [0.25, 0.3) is 0 Å². The maximum atomic E-state index is 13.5. The fourth-order valence-electron chi connectivity index (χ4n) is 2.99. The van der Waals surface area contributed by atoms with E-state index in [0.717, 1.165) is 24.8 Å². The van der Waals surface area contributed by atoms with E-state index in [1.807, 2.05) is 13.0 Å². The van der Waals surface area contributed by atoms with Crippen LogP contribution in [0.3, 0.4) is 0 Å². The van der Waals surface area contributed by atoms with Gasteiger partial charge in [0.2, 0.25) is 0 Å². The Balaban J connectivity index is 2.13. The molecule has 2 rings (SSSR count). The van der Waals surface area contributed by atoms with Crippen LogP contribution in [-0.2, 0) is 9.47 Å². The van der Waals surface area contributed by atoms with Crippen molar-refractivity contribution >= 4 is 0 Å². The molecule has 1 aliphatic heterocycles. The van der Waals surface area contributed by atoms with Gasteiger partial charge in [0.1, 0.15) is 5.82 Å². The minimum absolute atomic E-state index is 0.106. The molecule has 3 nitrogen and oxygen atoms in total. The summed E-state index contributed by atoms with van der Waals surface area (Å²) in [6.45, 7) is 6.14. The molecule has 1 fully saturated rings. The van der Waals surface area contributed by atoms with Gasteiger partial charge in [-0.05, 0) is 50.8 Å². The first kappa shape index (κ1) is 16.4. The van der Waals surface area contributed by atoms with E-state index in [1.165, 1.54) is 12.1 Å². The standard InChI is InChI=1S/C17H26FNO2/c1-4-16(19)17(13-6-5-7-14(18)10-13)21-15-8-11(2)20-12(3)9-15/h5-7,10-12,15-17H,4,8-9,19H2,1-3H3. The molecule has 1 heterocycles. The summed E-state index contributed by atoms with van der Waals surface area (Å²) >= 11 is 0. The van der Waals surface area contributed by atoms with Gasteiger partial charge in [-0.1, -0.05) is 19.1 Å². The maximum absolute atomic E-state index is 13.5. The average molecular weight is 295 g/mol. The third-order valence-electron chi connectivity index (χ3n) is 4.03. The predicted octanol–water partition coefficient (Wildman–Crippen LogP) is 3.58. The van der Waals surface area contributed by atoms with Crippen LogP contribution in [0.1, 0.15) is 51.7 Å². The lowest BCUT2D eigenvalue weighted by atomic mass is 9.98. The Bertz CT molecular complexity index is 444. The Morgan fingerprint density at radius 3 is 2.57 bits per heavy atom. The highest BCUT2D eigenvalue weighted by atomic mass is 19.1. The largest absolute Gasteiger partial charge is 0.375 e. The molecule has 0 saturated carbocycles. The summed E-state index contributed by atoms with van der Waals surface area (Å²) in [7, 11) is 0. The van der Waals surface area contributed by atoms with Gasteiger partial charge in [-0.15, -0.1) is 0 Å². The van der Waals surface area contributed by atoms with E-state index in [4.69, 9.17) is 15.2 Å². The van der Waals surface area contributed by atoms with Crippen molar-refractivity contribution in [2.75, 3.05) is 0 Å². The van der Waals surface area contributed by atoms with Crippen LogP contribution in [0.2, 0.25) is 0 Å². The number of benzene rings is 1. The fourth-order valence-corrected chi connectivity index (χ4v) is 2.99. The summed E-state index contributed by atoms with van der Waals surface area (Å²) in [6, 6.07) is 6.41. The Morgan fingerprint density at radius 1 is 1.33 bits per heavy atom. The third-order valence-corrected chi connectivity index (χ3v) is 4.03. The number of hydrogen-bond acceptors (Lipinski definition) is 3. The van der Waals surface area contributed by atoms with Gasteiger partial charge >= 0.3 is 0 Å². The molecule has 0 amide bonds. The zero-order valence-electron chi connectivity index (χ0n) is 13.1. The lowest BCUT2D eigenvalue weighted by molar-refractivity contribution is -0.127. The molecule has 4 unspecified atom stereocenters. The van der Waals surface area contributed by atoms with Crippen molar-refractivity contribution in [3.63, 3.8) is 0 Å². The van der Waals surface area contributed by atoms with E-state index in [2.05, 4.69) is 13.8 Å². The Morgan fingerprint density at radius 2 is 2.00 bits per heavy atom. The SMILES string of the molecule is CCC(N)C(OC1CC(C)OC(C)C1)c1cccc(F)c1. The molecule has 0 aromatic heterocycles. The van der Waals surface area contributed by atoms with E-state index >= 15 is 0 Å². The van der Waals surface area contributed by atoms with Crippen molar-refractivity contribution in [1.82, 2.24) is 0 Å². The van der Waals surface area contributed by atoms with Crippen molar-refractivity contribution in [1.29, 1.82) is 0 Å². The minimum Gasteiger partial charge on any atom is -0.375 e. The Hall–Kier alpha value is -0.970. The second-order valence-electron chi connectivity index (χ2n) is 6.03. The van der Waals surface area contributed by atoms with Crippen molar-refractivity contribution in [2.45, 2.75) is 70.5 Å². The number of halogens is 1. The van der Waals surface area contributed by atoms with Gasteiger partial charge in [0.05, 0.1) is 24.4 Å². The van der Waals surface area contributed by atoms with Crippen LogP contribution in [0.15, 0.2) is 24.3 Å². The molecule has 0 aliphatic carbocycles. The molecule has 4 atom stereocenters. The quantitative estimate of drug-likeness (QED) is 0.903. The lowest BCUT2D eigenvalue weighted by Crippen LogP contribution is -2.38. The van der Waals surface area contributed by atoms with Crippen molar-refractivity contribution in [2.24, 2.45) is 5.73 Å². The Labute approximate surface area is 126 Å². The zero-order valence-corrected chi connectivity index (χ0v) is 13.1. The molecule has 0 spiro atoms. The summed E-state index contributed by atoms with van der Waals surface area (Å²) in [6.07, 6.45) is 2.70. The highest BCUT2D eigenvalue weighted by Gasteiger charge is 2.30. The van der Waals surface area contributed by atoms with Crippen LogP contribution in [-0.4, -0.2) is 24.4 Å². The Kier molecular flexibility index (Phi) is 5.73. The lowest BCUT2D eigenvalue weighted by Gasteiger charge is -2.36. The molecular formula is C17H26FNO2. The summed E-state index contributed by atoms with van der Waals surface area (Å²) in [5.74, 6) is -0.252. The smallest absolute Gasteiger partial charge is 0.123 e. The van der Waals surface area contributed by atoms with E-state index in [1.54, 1.807) is 6.07 Å². The summed E-state index contributed by atoms with van der Waals surface area (Å²) in [5, 5.41) is 0. The summed E-state index contributed by atoms with van der Waals surface area (Å²) < 4.78 is 25.5. The molecule has 1 saturated heterocycles. The fraction of sp³-hybridized carbons (Fsp3) is 0.647. The summed E-state index contributed by atoms with van der Waals surface area (Å²) in [4.78, 5) is 0. The normalized spacial score (nSPS) is 29.1. The molecular weight excluding hydrogens is 269 g/mol. The predicted molar refractivity (Wildman–Crippen MR) is 81.5 cm³/mol. The molecule has 21 heavy (non-hydrogen) atoms. The second-order valence-corrected chi connectivity index (χ2v) is 6.03. The van der Waals surface area contributed by atoms with Crippen LogP contribution < -0.4 is 5.73 Å². The first-order valence-corrected chi connectivity index (χ1v) is 7.81. The third kappa shape index (κ3) is 4.50.